The maximum Gasteiger partial charge on any atom is 0.316 e. The number of anilines is 1. The lowest BCUT2D eigenvalue weighted by Gasteiger charge is -2.32. The van der Waals surface area contributed by atoms with Crippen LogP contribution in [0.15, 0.2) is 16.6 Å². The first kappa shape index (κ1) is 18.7. The van der Waals surface area contributed by atoms with E-state index in [1.165, 1.54) is 12.1 Å². The highest BCUT2D eigenvalue weighted by Crippen LogP contribution is 2.32. The smallest absolute Gasteiger partial charge is 0.316 e. The summed E-state index contributed by atoms with van der Waals surface area (Å²) in [6, 6.07) is 2.42. The number of nitro benzene ring substituents is 1. The lowest BCUT2D eigenvalue weighted by atomic mass is 10.2. The van der Waals surface area contributed by atoms with Gasteiger partial charge in [-0.1, -0.05) is 0 Å². The highest BCUT2D eigenvalue weighted by Gasteiger charge is 2.17. The second-order valence-electron chi connectivity index (χ2n) is 6.38. The molecule has 1 aromatic heterocycles. The molecule has 0 saturated carbocycles. The number of aromatic hydroxyl groups is 1. The average Bonchev–Trinajstić information content (AvgIpc) is 2.60. The van der Waals surface area contributed by atoms with Crippen molar-refractivity contribution >= 4 is 38.3 Å². The molecule has 1 saturated heterocycles. The lowest BCUT2D eigenvalue weighted by Crippen LogP contribution is -2.44. The number of hydrogen-bond acceptors (Lipinski definition) is 8. The molecule has 26 heavy (non-hydrogen) atoms. The fourth-order valence-electron chi connectivity index (χ4n) is 2.99. The molecule has 0 bridgehead atoms. The van der Waals surface area contributed by atoms with Gasteiger partial charge in [-0.15, -0.1) is 0 Å². The van der Waals surface area contributed by atoms with E-state index in [9.17, 15) is 15.2 Å². The van der Waals surface area contributed by atoms with Gasteiger partial charge in [-0.2, -0.15) is 9.97 Å². The summed E-state index contributed by atoms with van der Waals surface area (Å²) >= 11 is 3.28. The normalized spacial score (nSPS) is 16.1. The molecule has 2 N–H and O–H groups in total. The second-order valence-corrected chi connectivity index (χ2v) is 7.23. The number of nitrogens with one attached hydrogen (secondary N) is 1. The zero-order valence-electron chi connectivity index (χ0n) is 14.5. The van der Waals surface area contributed by atoms with Crippen LogP contribution in [0.5, 0.6) is 6.01 Å². The van der Waals surface area contributed by atoms with Crippen LogP contribution in [0.25, 0.3) is 10.9 Å². The molecular formula is C16H21BrN6O3. The maximum atomic E-state index is 11.1. The minimum Gasteiger partial charge on any atom is -0.479 e. The average molecular weight is 425 g/mol. The highest BCUT2D eigenvalue weighted by atomic mass is 79.9. The Morgan fingerprint density at radius 2 is 2.04 bits per heavy atom. The number of aromatic nitrogens is 2. The van der Waals surface area contributed by atoms with Crippen molar-refractivity contribution < 1.29 is 10.0 Å². The molecule has 1 aromatic carbocycles. The molecule has 10 heteroatoms. The van der Waals surface area contributed by atoms with Crippen molar-refractivity contribution in [1.82, 2.24) is 19.8 Å². The van der Waals surface area contributed by atoms with Crippen molar-refractivity contribution in [3.8, 4) is 6.01 Å². The van der Waals surface area contributed by atoms with Crippen molar-refractivity contribution in [2.45, 2.75) is 6.42 Å². The highest BCUT2D eigenvalue weighted by molar-refractivity contribution is 9.10. The minimum absolute atomic E-state index is 0.0563. The first-order valence-corrected chi connectivity index (χ1v) is 9.23. The van der Waals surface area contributed by atoms with Crippen LogP contribution < -0.4 is 5.32 Å². The largest absolute Gasteiger partial charge is 0.479 e. The van der Waals surface area contributed by atoms with Crippen LogP contribution in [-0.2, 0) is 0 Å². The van der Waals surface area contributed by atoms with Crippen LogP contribution in [0, 0.1) is 10.1 Å². The summed E-state index contributed by atoms with van der Waals surface area (Å²) in [6.07, 6.45) is 0.909. The van der Waals surface area contributed by atoms with E-state index in [1.54, 1.807) is 0 Å². The van der Waals surface area contributed by atoms with Crippen LogP contribution in [0.4, 0.5) is 11.5 Å². The van der Waals surface area contributed by atoms with E-state index in [4.69, 9.17) is 0 Å². The van der Waals surface area contributed by atoms with Gasteiger partial charge in [0.2, 0.25) is 0 Å². The van der Waals surface area contributed by atoms with Crippen molar-refractivity contribution in [3.63, 3.8) is 0 Å². The quantitative estimate of drug-likeness (QED) is 0.412. The summed E-state index contributed by atoms with van der Waals surface area (Å²) in [5, 5.41) is 24.5. The predicted octanol–water partition coefficient (Wildman–Crippen LogP) is 2.06. The monoisotopic (exact) mass is 424 g/mol. The maximum absolute atomic E-state index is 11.1. The van der Waals surface area contributed by atoms with Crippen LogP contribution in [-0.4, -0.2) is 76.1 Å². The Morgan fingerprint density at radius 1 is 1.31 bits per heavy atom. The van der Waals surface area contributed by atoms with E-state index in [0.29, 0.717) is 27.7 Å². The topological polar surface area (TPSA) is 108 Å². The Labute approximate surface area is 159 Å². The number of piperazine rings is 1. The molecule has 2 heterocycles. The number of hydrogen-bond donors (Lipinski definition) is 2. The van der Waals surface area contributed by atoms with E-state index < -0.39 is 4.92 Å². The molecule has 140 valence electrons. The van der Waals surface area contributed by atoms with Gasteiger partial charge in [0.1, 0.15) is 5.82 Å². The first-order valence-electron chi connectivity index (χ1n) is 8.43. The van der Waals surface area contributed by atoms with Gasteiger partial charge in [0.05, 0.1) is 20.3 Å². The molecule has 3 rings (SSSR count). The van der Waals surface area contributed by atoms with E-state index >= 15 is 0 Å². The molecule has 2 aromatic rings. The third kappa shape index (κ3) is 4.37. The Bertz CT molecular complexity index is 810. The number of benzene rings is 1. The number of halogens is 1. The fraction of sp³-hybridized carbons (Fsp3) is 0.500. The first-order chi connectivity index (χ1) is 12.4. The van der Waals surface area contributed by atoms with Crippen molar-refractivity contribution in [1.29, 1.82) is 0 Å². The van der Waals surface area contributed by atoms with Gasteiger partial charge in [-0.3, -0.25) is 10.1 Å². The number of rotatable bonds is 6. The molecule has 0 radical (unpaired) electrons. The van der Waals surface area contributed by atoms with Crippen LogP contribution in [0.2, 0.25) is 0 Å². The van der Waals surface area contributed by atoms with Crippen LogP contribution in [0.3, 0.4) is 0 Å². The molecule has 0 spiro atoms. The van der Waals surface area contributed by atoms with Gasteiger partial charge in [0, 0.05) is 44.9 Å². The molecular weight excluding hydrogens is 404 g/mol. The number of fused-ring (bicyclic) bond motifs is 1. The summed E-state index contributed by atoms with van der Waals surface area (Å²) in [4.78, 5) is 23.3. The summed E-state index contributed by atoms with van der Waals surface area (Å²) < 4.78 is 0.444. The van der Waals surface area contributed by atoms with Crippen LogP contribution >= 0.6 is 15.9 Å². The zero-order valence-corrected chi connectivity index (χ0v) is 16.1. The van der Waals surface area contributed by atoms with Gasteiger partial charge < -0.3 is 20.2 Å². The van der Waals surface area contributed by atoms with E-state index in [-0.39, 0.29) is 11.7 Å². The van der Waals surface area contributed by atoms with Crippen molar-refractivity contribution in [2.75, 3.05) is 51.6 Å². The summed E-state index contributed by atoms with van der Waals surface area (Å²) in [5.41, 5.74) is 0.379. The third-order valence-electron chi connectivity index (χ3n) is 4.48. The summed E-state index contributed by atoms with van der Waals surface area (Å²) in [5.74, 6) is 0.398. The van der Waals surface area contributed by atoms with Gasteiger partial charge >= 0.3 is 6.01 Å². The van der Waals surface area contributed by atoms with Gasteiger partial charge in [-0.05, 0) is 35.9 Å². The van der Waals surface area contributed by atoms with Crippen LogP contribution in [0.1, 0.15) is 6.42 Å². The fourth-order valence-corrected chi connectivity index (χ4v) is 3.52. The molecule has 0 atom stereocenters. The third-order valence-corrected chi connectivity index (χ3v) is 5.08. The molecule has 1 aliphatic rings. The second kappa shape index (κ2) is 8.11. The minimum atomic E-state index is -0.464. The Kier molecular flexibility index (Phi) is 5.84. The zero-order chi connectivity index (χ0) is 18.7. The predicted molar refractivity (Wildman–Crippen MR) is 103 cm³/mol. The van der Waals surface area contributed by atoms with Gasteiger partial charge in [-0.25, -0.2) is 0 Å². The van der Waals surface area contributed by atoms with E-state index in [0.717, 1.165) is 39.1 Å². The number of nitrogens with zero attached hydrogens (tertiary/aromatic N) is 5. The standard InChI is InChI=1S/C16H21BrN6O3/c1-21-5-7-22(8-6-21)4-2-3-18-15-12-9-11(23(25)26)10-13(17)14(12)19-16(24)20-15/h9-10H,2-8H2,1H3,(H2,18,19,20,24). The molecule has 1 fully saturated rings. The molecule has 0 aliphatic carbocycles. The molecule has 1 aliphatic heterocycles. The van der Waals surface area contributed by atoms with Crippen molar-refractivity contribution in [3.05, 3.63) is 26.7 Å². The van der Waals surface area contributed by atoms with Gasteiger partial charge in [0.25, 0.3) is 5.69 Å². The molecule has 9 nitrogen and oxygen atoms in total. The Balaban J connectivity index is 1.69. The molecule has 0 unspecified atom stereocenters. The Morgan fingerprint density at radius 3 is 2.73 bits per heavy atom. The van der Waals surface area contributed by atoms with Crippen molar-refractivity contribution in [2.24, 2.45) is 0 Å². The number of likely N-dealkylation sites (N-methyl/N-ethyl adjacent to an activating group) is 1. The lowest BCUT2D eigenvalue weighted by molar-refractivity contribution is -0.384. The SMILES string of the molecule is CN1CCN(CCCNc2nc(O)nc3c(Br)cc([N+](=O)[O-])cc23)CC1. The summed E-state index contributed by atoms with van der Waals surface area (Å²) in [6.45, 7) is 5.91. The van der Waals surface area contributed by atoms with Gasteiger partial charge in [0.15, 0.2) is 0 Å². The van der Waals surface area contributed by atoms with E-state index in [1.807, 2.05) is 0 Å². The number of nitro groups is 1. The van der Waals surface area contributed by atoms with E-state index in [2.05, 4.69) is 48.1 Å². The summed E-state index contributed by atoms with van der Waals surface area (Å²) in [7, 11) is 2.13. The molecule has 0 amide bonds. The number of non-ortho nitro benzene ring substituents is 1. The Hall–Kier alpha value is -2.04.